The normalized spacial score (nSPS) is 17.1. The Morgan fingerprint density at radius 3 is 2.61 bits per heavy atom. The number of rotatable bonds is 6. The molecule has 5 nitrogen and oxygen atoms in total. The van der Waals surface area contributed by atoms with Gasteiger partial charge >= 0.3 is 0 Å². The van der Waals surface area contributed by atoms with Crippen molar-refractivity contribution >= 4 is 5.91 Å². The molecule has 0 bridgehead atoms. The highest BCUT2D eigenvalue weighted by Crippen LogP contribution is 2.33. The van der Waals surface area contributed by atoms with Crippen molar-refractivity contribution in [1.29, 1.82) is 0 Å². The van der Waals surface area contributed by atoms with Gasteiger partial charge in [0.15, 0.2) is 0 Å². The lowest BCUT2D eigenvalue weighted by atomic mass is 9.91. The summed E-state index contributed by atoms with van der Waals surface area (Å²) in [6.07, 6.45) is 0.678. The number of nitrogens with zero attached hydrogens (tertiary/aromatic N) is 2. The number of aryl methyl sites for hydroxylation is 1. The maximum absolute atomic E-state index is 12.9. The van der Waals surface area contributed by atoms with Crippen molar-refractivity contribution in [2.45, 2.75) is 19.9 Å². The molecule has 0 saturated carbocycles. The Bertz CT molecular complexity index is 1050. The minimum Gasteiger partial charge on any atom is -0.496 e. The quantitative estimate of drug-likeness (QED) is 0.664. The van der Waals surface area contributed by atoms with Gasteiger partial charge in [-0.05, 0) is 42.7 Å². The van der Waals surface area contributed by atoms with Gasteiger partial charge < -0.3 is 10.1 Å². The number of pyridine rings is 1. The highest BCUT2D eigenvalue weighted by molar-refractivity contribution is 5.80. The van der Waals surface area contributed by atoms with Crippen LogP contribution in [0.1, 0.15) is 17.0 Å². The number of para-hydroxylation sites is 1. The van der Waals surface area contributed by atoms with E-state index in [4.69, 9.17) is 4.74 Å². The van der Waals surface area contributed by atoms with Gasteiger partial charge in [-0.1, -0.05) is 48.5 Å². The molecule has 0 radical (unpaired) electrons. The maximum atomic E-state index is 12.9. The molecule has 160 valence electrons. The summed E-state index contributed by atoms with van der Waals surface area (Å²) in [5.74, 6) is 0.838. The van der Waals surface area contributed by atoms with E-state index in [-0.39, 0.29) is 11.8 Å². The zero-order valence-electron chi connectivity index (χ0n) is 18.2. The predicted octanol–water partition coefficient (Wildman–Crippen LogP) is 3.86. The number of nitrogens with one attached hydrogen (secondary N) is 1. The van der Waals surface area contributed by atoms with Crippen molar-refractivity contribution in [1.82, 2.24) is 15.2 Å². The number of amides is 1. The smallest absolute Gasteiger partial charge is 0.224 e. The second-order valence-electron chi connectivity index (χ2n) is 8.05. The number of carbonyl (C=O) groups excluding carboxylic acids is 1. The summed E-state index contributed by atoms with van der Waals surface area (Å²) in [5.41, 5.74) is 5.38. The van der Waals surface area contributed by atoms with Gasteiger partial charge in [0, 0.05) is 37.4 Å². The second kappa shape index (κ2) is 9.75. The number of carbonyl (C=O) groups is 1. The van der Waals surface area contributed by atoms with Gasteiger partial charge in [-0.2, -0.15) is 0 Å². The van der Waals surface area contributed by atoms with Crippen LogP contribution in [-0.2, 0) is 17.8 Å². The molecule has 1 amide bonds. The molecule has 2 aromatic carbocycles. The molecule has 31 heavy (non-hydrogen) atoms. The van der Waals surface area contributed by atoms with E-state index in [0.29, 0.717) is 19.5 Å². The van der Waals surface area contributed by atoms with E-state index in [9.17, 15) is 4.79 Å². The van der Waals surface area contributed by atoms with Gasteiger partial charge in [0.1, 0.15) is 5.75 Å². The highest BCUT2D eigenvalue weighted by atomic mass is 16.5. The van der Waals surface area contributed by atoms with Gasteiger partial charge in [-0.15, -0.1) is 0 Å². The number of methoxy groups -OCH3 is 1. The fourth-order valence-corrected chi connectivity index (χ4v) is 4.28. The summed E-state index contributed by atoms with van der Waals surface area (Å²) in [7, 11) is 1.69. The van der Waals surface area contributed by atoms with Crippen LogP contribution in [0.5, 0.6) is 5.75 Å². The number of hydrogen-bond acceptors (Lipinski definition) is 4. The summed E-state index contributed by atoms with van der Waals surface area (Å²) >= 11 is 0. The Morgan fingerprint density at radius 2 is 1.81 bits per heavy atom. The van der Waals surface area contributed by atoms with Crippen LogP contribution in [0.4, 0.5) is 0 Å². The first-order valence-electron chi connectivity index (χ1n) is 10.8. The molecule has 0 aliphatic carbocycles. The Hall–Kier alpha value is -3.18. The van der Waals surface area contributed by atoms with Crippen molar-refractivity contribution in [2.75, 3.05) is 26.7 Å². The van der Waals surface area contributed by atoms with Crippen molar-refractivity contribution in [3.05, 3.63) is 83.7 Å². The zero-order valence-corrected chi connectivity index (χ0v) is 18.2. The third kappa shape index (κ3) is 5.12. The fourth-order valence-electron chi connectivity index (χ4n) is 4.28. The molecule has 2 heterocycles. The highest BCUT2D eigenvalue weighted by Gasteiger charge is 2.26. The molecule has 1 aromatic heterocycles. The van der Waals surface area contributed by atoms with Gasteiger partial charge in [-0.3, -0.25) is 14.7 Å². The van der Waals surface area contributed by atoms with E-state index in [1.807, 2.05) is 49.4 Å². The van der Waals surface area contributed by atoms with Crippen LogP contribution in [-0.4, -0.2) is 42.5 Å². The van der Waals surface area contributed by atoms with Crippen LogP contribution in [0.15, 0.2) is 66.7 Å². The minimum absolute atomic E-state index is 0.120. The standard InChI is InChI=1S/C26H29N3O2/c1-19-8-7-10-22(28-19)18-29-15-14-27-26(30)21(17-29)16-20-9-3-4-11-23(20)24-12-5-6-13-25(24)31-2/h3-13,21H,14-18H2,1-2H3,(H,27,30). The van der Waals surface area contributed by atoms with Crippen molar-refractivity contribution in [3.8, 4) is 16.9 Å². The number of ether oxygens (including phenoxy) is 1. The molecular weight excluding hydrogens is 386 g/mol. The molecule has 1 saturated heterocycles. The van der Waals surface area contributed by atoms with E-state index in [0.717, 1.165) is 46.9 Å². The average Bonchev–Trinajstić information content (AvgIpc) is 2.95. The van der Waals surface area contributed by atoms with Gasteiger partial charge in [0.2, 0.25) is 5.91 Å². The maximum Gasteiger partial charge on any atom is 0.224 e. The predicted molar refractivity (Wildman–Crippen MR) is 123 cm³/mol. The number of hydrogen-bond donors (Lipinski definition) is 1. The SMILES string of the molecule is COc1ccccc1-c1ccccc1CC1CN(Cc2cccc(C)n2)CCNC1=O. The summed E-state index contributed by atoms with van der Waals surface area (Å²) in [4.78, 5) is 19.8. The lowest BCUT2D eigenvalue weighted by molar-refractivity contribution is -0.124. The number of aromatic nitrogens is 1. The van der Waals surface area contributed by atoms with Gasteiger partial charge in [0.05, 0.1) is 18.7 Å². The van der Waals surface area contributed by atoms with E-state index >= 15 is 0 Å². The molecule has 1 unspecified atom stereocenters. The summed E-state index contributed by atoms with van der Waals surface area (Å²) in [6, 6.07) is 22.4. The molecule has 1 N–H and O–H groups in total. The molecule has 1 aliphatic heterocycles. The Balaban J connectivity index is 1.57. The van der Waals surface area contributed by atoms with Crippen LogP contribution in [0, 0.1) is 12.8 Å². The van der Waals surface area contributed by atoms with E-state index < -0.39 is 0 Å². The van der Waals surface area contributed by atoms with E-state index in [1.165, 1.54) is 0 Å². The van der Waals surface area contributed by atoms with Crippen molar-refractivity contribution < 1.29 is 9.53 Å². The average molecular weight is 416 g/mol. The number of benzene rings is 2. The van der Waals surface area contributed by atoms with Gasteiger partial charge in [0.25, 0.3) is 0 Å². The van der Waals surface area contributed by atoms with Crippen LogP contribution >= 0.6 is 0 Å². The molecule has 1 atom stereocenters. The van der Waals surface area contributed by atoms with Crippen molar-refractivity contribution in [3.63, 3.8) is 0 Å². The topological polar surface area (TPSA) is 54.5 Å². The molecule has 5 heteroatoms. The third-order valence-electron chi connectivity index (χ3n) is 5.79. The first-order chi connectivity index (χ1) is 15.1. The molecule has 0 spiro atoms. The van der Waals surface area contributed by atoms with E-state index in [1.54, 1.807) is 7.11 Å². The lowest BCUT2D eigenvalue weighted by Gasteiger charge is -2.23. The molecule has 1 aliphatic rings. The minimum atomic E-state index is -0.122. The largest absolute Gasteiger partial charge is 0.496 e. The Labute approximate surface area is 184 Å². The third-order valence-corrected chi connectivity index (χ3v) is 5.79. The van der Waals surface area contributed by atoms with Crippen molar-refractivity contribution in [2.24, 2.45) is 5.92 Å². The lowest BCUT2D eigenvalue weighted by Crippen LogP contribution is -2.33. The summed E-state index contributed by atoms with van der Waals surface area (Å²) in [5, 5.41) is 3.10. The second-order valence-corrected chi connectivity index (χ2v) is 8.05. The van der Waals surface area contributed by atoms with Crippen LogP contribution in [0.25, 0.3) is 11.1 Å². The summed E-state index contributed by atoms with van der Waals surface area (Å²) in [6.45, 7) is 4.96. The van der Waals surface area contributed by atoms with E-state index in [2.05, 4.69) is 39.5 Å². The Morgan fingerprint density at radius 1 is 1.03 bits per heavy atom. The molecule has 3 aromatic rings. The zero-order chi connectivity index (χ0) is 21.6. The van der Waals surface area contributed by atoms with Crippen LogP contribution in [0.3, 0.4) is 0 Å². The monoisotopic (exact) mass is 415 g/mol. The van der Waals surface area contributed by atoms with Crippen LogP contribution < -0.4 is 10.1 Å². The van der Waals surface area contributed by atoms with Gasteiger partial charge in [-0.25, -0.2) is 0 Å². The molecular formula is C26H29N3O2. The first kappa shape index (κ1) is 21.1. The van der Waals surface area contributed by atoms with Crippen LogP contribution in [0.2, 0.25) is 0 Å². The Kier molecular flexibility index (Phi) is 6.63. The summed E-state index contributed by atoms with van der Waals surface area (Å²) < 4.78 is 5.58. The molecule has 4 rings (SSSR count). The fraction of sp³-hybridized carbons (Fsp3) is 0.308. The molecule has 1 fully saturated rings. The first-order valence-corrected chi connectivity index (χ1v) is 10.8.